The lowest BCUT2D eigenvalue weighted by Crippen LogP contribution is -2.29. The third-order valence-corrected chi connectivity index (χ3v) is 5.85. The highest BCUT2D eigenvalue weighted by Gasteiger charge is 2.40. The first kappa shape index (κ1) is 16.4. The third-order valence-electron chi connectivity index (χ3n) is 5.85. The topological polar surface area (TPSA) is 12.0 Å². The average Bonchev–Trinajstić information content (AvgIpc) is 3.16. The molecule has 1 aliphatic heterocycles. The SMILES string of the molecule is FC(F)(F)c1ccc2c(c1)[C@@H]1C=CC[C@H]1[C@@H](c1cccc3ccccc13)N2. The van der Waals surface area contributed by atoms with E-state index < -0.39 is 11.7 Å². The van der Waals surface area contributed by atoms with Gasteiger partial charge in [-0.2, -0.15) is 13.2 Å². The summed E-state index contributed by atoms with van der Waals surface area (Å²) in [5.74, 6) is 0.222. The van der Waals surface area contributed by atoms with Crippen molar-refractivity contribution >= 4 is 16.5 Å². The summed E-state index contributed by atoms with van der Waals surface area (Å²) in [5, 5.41) is 5.92. The molecule has 0 bridgehead atoms. The molecular weight excluding hydrogens is 347 g/mol. The normalized spacial score (nSPS) is 23.7. The fourth-order valence-electron chi connectivity index (χ4n) is 4.60. The molecule has 5 rings (SSSR count). The van der Waals surface area contributed by atoms with Crippen LogP contribution in [0.3, 0.4) is 0 Å². The zero-order valence-electron chi connectivity index (χ0n) is 14.5. The maximum Gasteiger partial charge on any atom is 0.416 e. The first-order valence-corrected chi connectivity index (χ1v) is 9.14. The van der Waals surface area contributed by atoms with Crippen LogP contribution in [0, 0.1) is 5.92 Å². The summed E-state index contributed by atoms with van der Waals surface area (Å²) >= 11 is 0. The van der Waals surface area contributed by atoms with E-state index in [1.165, 1.54) is 28.5 Å². The monoisotopic (exact) mass is 365 g/mol. The maximum absolute atomic E-state index is 13.2. The van der Waals surface area contributed by atoms with E-state index in [1.807, 2.05) is 12.1 Å². The van der Waals surface area contributed by atoms with Gasteiger partial charge in [-0.15, -0.1) is 0 Å². The first-order valence-electron chi connectivity index (χ1n) is 9.14. The molecule has 1 nitrogen and oxygen atoms in total. The van der Waals surface area contributed by atoms with E-state index in [9.17, 15) is 13.2 Å². The maximum atomic E-state index is 13.2. The van der Waals surface area contributed by atoms with Crippen molar-refractivity contribution in [1.29, 1.82) is 0 Å². The number of fused-ring (bicyclic) bond motifs is 4. The van der Waals surface area contributed by atoms with Crippen LogP contribution in [-0.2, 0) is 6.18 Å². The Morgan fingerprint density at radius 3 is 2.56 bits per heavy atom. The Bertz CT molecular complexity index is 1050. The van der Waals surface area contributed by atoms with Gasteiger partial charge in [-0.3, -0.25) is 0 Å². The van der Waals surface area contributed by atoms with Gasteiger partial charge in [0.25, 0.3) is 0 Å². The summed E-state index contributed by atoms with van der Waals surface area (Å²) < 4.78 is 39.5. The van der Waals surface area contributed by atoms with Gasteiger partial charge in [0.2, 0.25) is 0 Å². The molecule has 0 amide bonds. The largest absolute Gasteiger partial charge is 0.416 e. The summed E-state index contributed by atoms with van der Waals surface area (Å²) in [6.45, 7) is 0. The molecule has 1 N–H and O–H groups in total. The molecule has 0 saturated carbocycles. The van der Waals surface area contributed by atoms with Crippen molar-refractivity contribution in [2.75, 3.05) is 5.32 Å². The van der Waals surface area contributed by atoms with E-state index >= 15 is 0 Å². The highest BCUT2D eigenvalue weighted by Crippen LogP contribution is 2.51. The quantitative estimate of drug-likeness (QED) is 0.474. The molecule has 2 aliphatic rings. The van der Waals surface area contributed by atoms with Crippen LogP contribution < -0.4 is 5.32 Å². The molecule has 0 aromatic heterocycles. The summed E-state index contributed by atoms with van der Waals surface area (Å²) in [5.41, 5.74) is 2.18. The van der Waals surface area contributed by atoms with E-state index in [-0.39, 0.29) is 17.9 Å². The van der Waals surface area contributed by atoms with Gasteiger partial charge in [0.05, 0.1) is 11.6 Å². The van der Waals surface area contributed by atoms with Gasteiger partial charge in [-0.05, 0) is 52.4 Å². The fourth-order valence-corrected chi connectivity index (χ4v) is 4.60. The van der Waals surface area contributed by atoms with Gasteiger partial charge in [0, 0.05) is 11.6 Å². The number of hydrogen-bond acceptors (Lipinski definition) is 1. The first-order chi connectivity index (χ1) is 13.0. The number of allylic oxidation sites excluding steroid dienone is 2. The average molecular weight is 365 g/mol. The molecule has 1 aliphatic carbocycles. The van der Waals surface area contributed by atoms with Crippen molar-refractivity contribution in [3.05, 3.63) is 89.5 Å². The molecule has 4 heteroatoms. The minimum atomic E-state index is -4.32. The Morgan fingerprint density at radius 2 is 1.70 bits per heavy atom. The number of halogens is 3. The van der Waals surface area contributed by atoms with Gasteiger partial charge in [-0.25, -0.2) is 0 Å². The molecule has 27 heavy (non-hydrogen) atoms. The predicted octanol–water partition coefficient (Wildman–Crippen LogP) is 6.69. The fraction of sp³-hybridized carbons (Fsp3) is 0.217. The van der Waals surface area contributed by atoms with Crippen molar-refractivity contribution in [1.82, 2.24) is 0 Å². The zero-order valence-corrected chi connectivity index (χ0v) is 14.5. The van der Waals surface area contributed by atoms with E-state index in [1.54, 1.807) is 6.07 Å². The smallest absolute Gasteiger partial charge is 0.378 e. The van der Waals surface area contributed by atoms with Gasteiger partial charge >= 0.3 is 6.18 Å². The number of benzene rings is 3. The number of rotatable bonds is 1. The van der Waals surface area contributed by atoms with Crippen molar-refractivity contribution in [3.63, 3.8) is 0 Å². The molecule has 3 aromatic carbocycles. The van der Waals surface area contributed by atoms with E-state index in [0.29, 0.717) is 0 Å². The molecule has 0 saturated heterocycles. The molecule has 3 aromatic rings. The van der Waals surface area contributed by atoms with Crippen molar-refractivity contribution in [2.45, 2.75) is 24.6 Å². The molecule has 0 fully saturated rings. The van der Waals surface area contributed by atoms with E-state index in [4.69, 9.17) is 0 Å². The molecule has 1 heterocycles. The summed E-state index contributed by atoms with van der Waals surface area (Å²) in [4.78, 5) is 0. The predicted molar refractivity (Wildman–Crippen MR) is 102 cm³/mol. The lowest BCUT2D eigenvalue weighted by atomic mass is 9.76. The molecule has 136 valence electrons. The van der Waals surface area contributed by atoms with Crippen LogP contribution in [-0.4, -0.2) is 0 Å². The Hall–Kier alpha value is -2.75. The molecule has 0 unspecified atom stereocenters. The molecule has 0 spiro atoms. The Balaban J connectivity index is 1.63. The van der Waals surface area contributed by atoms with Crippen molar-refractivity contribution < 1.29 is 13.2 Å². The standard InChI is InChI=1S/C23H18F3N/c24-23(25,26)15-11-12-21-20(13-15)17-8-4-10-19(17)22(27-21)18-9-3-6-14-5-1-2-7-16(14)18/h1-9,11-13,17,19,22,27H,10H2/t17-,19-,22-/m1/s1. The molecule has 0 radical (unpaired) electrons. The van der Waals surface area contributed by atoms with Crippen molar-refractivity contribution in [3.8, 4) is 0 Å². The van der Waals surface area contributed by atoms with E-state index in [0.717, 1.165) is 17.7 Å². The number of alkyl halides is 3. The van der Waals surface area contributed by atoms with Crippen LogP contribution in [0.1, 0.15) is 35.1 Å². The highest BCUT2D eigenvalue weighted by molar-refractivity contribution is 5.86. The second kappa shape index (κ2) is 5.88. The minimum Gasteiger partial charge on any atom is -0.378 e. The second-order valence-electron chi connectivity index (χ2n) is 7.34. The Labute approximate surface area is 155 Å². The highest BCUT2D eigenvalue weighted by atomic mass is 19.4. The summed E-state index contributed by atoms with van der Waals surface area (Å²) in [6.07, 6.45) is 0.716. The summed E-state index contributed by atoms with van der Waals surface area (Å²) in [7, 11) is 0. The van der Waals surface area contributed by atoms with E-state index in [2.05, 4.69) is 47.8 Å². The Kier molecular flexibility index (Phi) is 3.58. The van der Waals surface area contributed by atoms with Gasteiger partial charge in [0.15, 0.2) is 0 Å². The number of hydrogen-bond donors (Lipinski definition) is 1. The van der Waals surface area contributed by atoms with Gasteiger partial charge in [-0.1, -0.05) is 54.6 Å². The lowest BCUT2D eigenvalue weighted by molar-refractivity contribution is -0.137. The van der Waals surface area contributed by atoms with Crippen LogP contribution in [0.4, 0.5) is 18.9 Å². The van der Waals surface area contributed by atoms with Crippen LogP contribution >= 0.6 is 0 Å². The van der Waals surface area contributed by atoms with Gasteiger partial charge < -0.3 is 5.32 Å². The molecular formula is C23H18F3N. The van der Waals surface area contributed by atoms with Crippen molar-refractivity contribution in [2.24, 2.45) is 5.92 Å². The Morgan fingerprint density at radius 1 is 0.889 bits per heavy atom. The third kappa shape index (κ3) is 2.62. The summed E-state index contributed by atoms with van der Waals surface area (Å²) in [6, 6.07) is 18.7. The second-order valence-corrected chi connectivity index (χ2v) is 7.34. The number of nitrogens with one attached hydrogen (secondary N) is 1. The van der Waals surface area contributed by atoms with Crippen LogP contribution in [0.2, 0.25) is 0 Å². The van der Waals surface area contributed by atoms with Crippen LogP contribution in [0.25, 0.3) is 10.8 Å². The lowest BCUT2D eigenvalue weighted by Gasteiger charge is -2.38. The zero-order chi connectivity index (χ0) is 18.6. The molecule has 3 atom stereocenters. The van der Waals surface area contributed by atoms with Gasteiger partial charge in [0.1, 0.15) is 0 Å². The minimum absolute atomic E-state index is 0.00696. The number of anilines is 1. The van der Waals surface area contributed by atoms with Crippen LogP contribution in [0.15, 0.2) is 72.8 Å². The van der Waals surface area contributed by atoms with Crippen LogP contribution in [0.5, 0.6) is 0 Å².